The lowest BCUT2D eigenvalue weighted by Gasteiger charge is -2.16. The lowest BCUT2D eigenvalue weighted by atomic mass is 10.4. The minimum Gasteiger partial charge on any atom is -0.481 e. The maximum atomic E-state index is 11.5. The van der Waals surface area contributed by atoms with Crippen molar-refractivity contribution < 1.29 is 14.7 Å². The average molecular weight is 243 g/mol. The van der Waals surface area contributed by atoms with Crippen molar-refractivity contribution in [3.63, 3.8) is 0 Å². The number of nitrogens with zero attached hydrogens (tertiary/aromatic N) is 2. The van der Waals surface area contributed by atoms with Gasteiger partial charge in [0.25, 0.3) is 0 Å². The SMILES string of the molecule is CN(CCC(=O)O)C(=O)NCc1cncs1. The molecule has 88 valence electrons. The second-order valence-corrected chi connectivity index (χ2v) is 4.16. The highest BCUT2D eigenvalue weighted by molar-refractivity contribution is 7.09. The standard InChI is InChI=1S/C9H13N3O3S/c1-12(3-2-8(13)14)9(15)11-5-7-4-10-6-16-7/h4,6H,2-3,5H2,1H3,(H,11,15)(H,13,14). The largest absolute Gasteiger partial charge is 0.481 e. The zero-order valence-electron chi connectivity index (χ0n) is 8.84. The predicted molar refractivity (Wildman–Crippen MR) is 59.2 cm³/mol. The molecule has 0 atom stereocenters. The van der Waals surface area contributed by atoms with Crippen LogP contribution in [0, 0.1) is 0 Å². The second kappa shape index (κ2) is 6.06. The summed E-state index contributed by atoms with van der Waals surface area (Å²) in [4.78, 5) is 27.9. The quantitative estimate of drug-likeness (QED) is 0.799. The number of thiazole rings is 1. The average Bonchev–Trinajstić information content (AvgIpc) is 2.75. The van der Waals surface area contributed by atoms with Gasteiger partial charge in [0.15, 0.2) is 0 Å². The molecule has 1 heterocycles. The maximum Gasteiger partial charge on any atom is 0.317 e. The Morgan fingerprint density at radius 1 is 1.62 bits per heavy atom. The molecule has 1 aromatic heterocycles. The van der Waals surface area contributed by atoms with Crippen molar-refractivity contribution in [1.82, 2.24) is 15.2 Å². The molecule has 0 aliphatic rings. The molecule has 7 heteroatoms. The van der Waals surface area contributed by atoms with Gasteiger partial charge in [-0.1, -0.05) is 0 Å². The molecule has 0 unspecified atom stereocenters. The molecule has 0 bridgehead atoms. The fraction of sp³-hybridized carbons (Fsp3) is 0.444. The molecule has 6 nitrogen and oxygen atoms in total. The number of rotatable bonds is 5. The highest BCUT2D eigenvalue weighted by Gasteiger charge is 2.09. The minimum atomic E-state index is -0.915. The molecule has 1 rings (SSSR count). The van der Waals surface area contributed by atoms with Crippen LogP contribution in [0.5, 0.6) is 0 Å². The molecule has 0 radical (unpaired) electrons. The van der Waals surface area contributed by atoms with Crippen molar-refractivity contribution in [2.24, 2.45) is 0 Å². The monoisotopic (exact) mass is 243 g/mol. The number of urea groups is 1. The van der Waals surface area contributed by atoms with Crippen molar-refractivity contribution in [3.8, 4) is 0 Å². The molecular formula is C9H13N3O3S. The summed E-state index contributed by atoms with van der Waals surface area (Å²) >= 11 is 1.46. The van der Waals surface area contributed by atoms with Crippen LogP contribution in [-0.4, -0.2) is 40.6 Å². The van der Waals surface area contributed by atoms with E-state index in [1.807, 2.05) is 0 Å². The molecule has 2 N–H and O–H groups in total. The van der Waals surface area contributed by atoms with Gasteiger partial charge in [-0.05, 0) is 0 Å². The Labute approximate surface area is 96.9 Å². The summed E-state index contributed by atoms with van der Waals surface area (Å²) in [5.41, 5.74) is 1.69. The smallest absolute Gasteiger partial charge is 0.317 e. The third-order valence-corrected chi connectivity index (χ3v) is 2.68. The summed E-state index contributed by atoms with van der Waals surface area (Å²) < 4.78 is 0. The van der Waals surface area contributed by atoms with Crippen LogP contribution in [0.1, 0.15) is 11.3 Å². The van der Waals surface area contributed by atoms with Crippen LogP contribution in [0.15, 0.2) is 11.7 Å². The van der Waals surface area contributed by atoms with E-state index in [-0.39, 0.29) is 19.0 Å². The Kier molecular flexibility index (Phi) is 4.71. The van der Waals surface area contributed by atoms with Crippen molar-refractivity contribution in [2.75, 3.05) is 13.6 Å². The number of carboxylic acids is 1. The second-order valence-electron chi connectivity index (χ2n) is 3.19. The third-order valence-electron chi connectivity index (χ3n) is 1.91. The Hall–Kier alpha value is -1.63. The molecule has 2 amide bonds. The topological polar surface area (TPSA) is 82.5 Å². The van der Waals surface area contributed by atoms with E-state index in [1.54, 1.807) is 18.8 Å². The van der Waals surface area contributed by atoms with E-state index in [0.717, 1.165) is 4.88 Å². The third kappa shape index (κ3) is 4.26. The zero-order chi connectivity index (χ0) is 12.0. The van der Waals surface area contributed by atoms with Crippen molar-refractivity contribution in [3.05, 3.63) is 16.6 Å². The Morgan fingerprint density at radius 3 is 2.94 bits per heavy atom. The number of carbonyl (C=O) groups is 2. The van der Waals surface area contributed by atoms with Crippen LogP contribution in [-0.2, 0) is 11.3 Å². The molecular weight excluding hydrogens is 230 g/mol. The molecule has 0 spiro atoms. The van der Waals surface area contributed by atoms with Gasteiger partial charge in [-0.3, -0.25) is 9.78 Å². The number of hydrogen-bond acceptors (Lipinski definition) is 4. The van der Waals surface area contributed by atoms with Crippen molar-refractivity contribution >= 4 is 23.3 Å². The first-order valence-corrected chi connectivity index (χ1v) is 5.55. The van der Waals surface area contributed by atoms with Crippen LogP contribution in [0.2, 0.25) is 0 Å². The van der Waals surface area contributed by atoms with Crippen LogP contribution in [0.4, 0.5) is 4.79 Å². The van der Waals surface area contributed by atoms with Crippen LogP contribution in [0.3, 0.4) is 0 Å². The Balaban J connectivity index is 2.26. The van der Waals surface area contributed by atoms with Crippen molar-refractivity contribution in [1.29, 1.82) is 0 Å². The van der Waals surface area contributed by atoms with Gasteiger partial charge in [-0.25, -0.2) is 4.79 Å². The molecule has 1 aromatic rings. The van der Waals surface area contributed by atoms with Gasteiger partial charge >= 0.3 is 12.0 Å². The summed E-state index contributed by atoms with van der Waals surface area (Å²) in [6.07, 6.45) is 1.63. The molecule has 16 heavy (non-hydrogen) atoms. The normalized spacial score (nSPS) is 9.81. The van der Waals surface area contributed by atoms with Crippen molar-refractivity contribution in [2.45, 2.75) is 13.0 Å². The molecule has 0 aliphatic heterocycles. The lowest BCUT2D eigenvalue weighted by molar-refractivity contribution is -0.137. The summed E-state index contributed by atoms with van der Waals surface area (Å²) in [6.45, 7) is 0.616. The van der Waals surface area contributed by atoms with E-state index in [0.29, 0.717) is 6.54 Å². The fourth-order valence-corrected chi connectivity index (χ4v) is 1.53. The van der Waals surface area contributed by atoms with Gasteiger partial charge in [0.1, 0.15) is 0 Å². The van der Waals surface area contributed by atoms with Crippen LogP contribution >= 0.6 is 11.3 Å². The number of carboxylic acid groups (broad SMARTS) is 1. The fourth-order valence-electron chi connectivity index (χ4n) is 0.992. The maximum absolute atomic E-state index is 11.5. The first-order valence-electron chi connectivity index (χ1n) is 4.67. The van der Waals surface area contributed by atoms with E-state index >= 15 is 0 Å². The van der Waals surface area contributed by atoms with E-state index in [2.05, 4.69) is 10.3 Å². The Bertz CT molecular complexity index is 353. The molecule has 0 aliphatic carbocycles. The number of hydrogen-bond donors (Lipinski definition) is 2. The first kappa shape index (κ1) is 12.4. The molecule has 0 aromatic carbocycles. The predicted octanol–water partition coefficient (Wildman–Crippen LogP) is 0.759. The molecule has 0 saturated heterocycles. The van der Waals surface area contributed by atoms with Crippen LogP contribution < -0.4 is 5.32 Å². The Morgan fingerprint density at radius 2 is 2.38 bits per heavy atom. The molecule has 0 fully saturated rings. The summed E-state index contributed by atoms with van der Waals surface area (Å²) in [7, 11) is 1.56. The molecule has 0 saturated carbocycles. The van der Waals surface area contributed by atoms with Gasteiger partial charge in [0.2, 0.25) is 0 Å². The van der Waals surface area contributed by atoms with E-state index in [4.69, 9.17) is 5.11 Å². The van der Waals surface area contributed by atoms with E-state index < -0.39 is 5.97 Å². The highest BCUT2D eigenvalue weighted by atomic mass is 32.1. The zero-order valence-corrected chi connectivity index (χ0v) is 9.66. The van der Waals surface area contributed by atoms with Gasteiger partial charge in [0, 0.05) is 24.7 Å². The first-order chi connectivity index (χ1) is 7.59. The van der Waals surface area contributed by atoms with E-state index in [1.165, 1.54) is 16.2 Å². The van der Waals surface area contributed by atoms with E-state index in [9.17, 15) is 9.59 Å². The van der Waals surface area contributed by atoms with Gasteiger partial charge in [0.05, 0.1) is 18.5 Å². The number of aliphatic carboxylic acids is 1. The summed E-state index contributed by atoms with van der Waals surface area (Å²) in [5, 5.41) is 11.1. The van der Waals surface area contributed by atoms with Gasteiger partial charge in [-0.2, -0.15) is 0 Å². The van der Waals surface area contributed by atoms with Gasteiger partial charge in [-0.15, -0.1) is 11.3 Å². The number of carbonyl (C=O) groups excluding carboxylic acids is 1. The minimum absolute atomic E-state index is 0.0511. The highest BCUT2D eigenvalue weighted by Crippen LogP contribution is 2.04. The van der Waals surface area contributed by atoms with Gasteiger partial charge < -0.3 is 15.3 Å². The summed E-state index contributed by atoms with van der Waals surface area (Å²) in [6, 6.07) is -0.283. The van der Waals surface area contributed by atoms with Crippen LogP contribution in [0.25, 0.3) is 0 Å². The lowest BCUT2D eigenvalue weighted by Crippen LogP contribution is -2.37. The number of aromatic nitrogens is 1. The number of amides is 2. The summed E-state index contributed by atoms with van der Waals surface area (Å²) in [5.74, 6) is -0.915. The number of nitrogens with one attached hydrogen (secondary N) is 1.